The number of hydrogen-bond donors (Lipinski definition) is 2. The van der Waals surface area contributed by atoms with Gasteiger partial charge in [-0.25, -0.2) is 0 Å². The fourth-order valence-corrected chi connectivity index (χ4v) is 2.85. The number of hydrogen-bond acceptors (Lipinski definition) is 6. The van der Waals surface area contributed by atoms with E-state index in [9.17, 15) is 9.59 Å². The van der Waals surface area contributed by atoms with Crippen LogP contribution in [0.25, 0.3) is 6.08 Å². The van der Waals surface area contributed by atoms with Crippen molar-refractivity contribution in [1.82, 2.24) is 5.32 Å². The summed E-state index contributed by atoms with van der Waals surface area (Å²) in [4.78, 5) is 25.8. The third-order valence-electron chi connectivity index (χ3n) is 4.39. The van der Waals surface area contributed by atoms with Gasteiger partial charge in [-0.05, 0) is 61.5 Å². The van der Waals surface area contributed by atoms with Crippen molar-refractivity contribution < 1.29 is 28.2 Å². The fourth-order valence-electron chi connectivity index (χ4n) is 2.85. The summed E-state index contributed by atoms with van der Waals surface area (Å²) in [6.45, 7) is 2.44. The summed E-state index contributed by atoms with van der Waals surface area (Å²) in [6.07, 6.45) is 2.92. The number of amides is 2. The van der Waals surface area contributed by atoms with E-state index in [0.29, 0.717) is 40.9 Å². The Bertz CT molecular complexity index is 1090. The molecule has 2 N–H and O–H groups in total. The van der Waals surface area contributed by atoms with Gasteiger partial charge < -0.3 is 29.3 Å². The van der Waals surface area contributed by atoms with Crippen LogP contribution in [-0.4, -0.2) is 32.6 Å². The van der Waals surface area contributed by atoms with Gasteiger partial charge >= 0.3 is 0 Å². The predicted molar refractivity (Wildman–Crippen MR) is 120 cm³/mol. The van der Waals surface area contributed by atoms with Crippen LogP contribution in [0.3, 0.4) is 0 Å². The molecule has 32 heavy (non-hydrogen) atoms. The molecular formula is C24H24N2O6. The molecule has 0 radical (unpaired) electrons. The van der Waals surface area contributed by atoms with Crippen molar-refractivity contribution in [2.75, 3.05) is 26.1 Å². The topological polar surface area (TPSA) is 99.0 Å². The molecule has 0 unspecified atom stereocenters. The number of furan rings is 1. The second-order valence-corrected chi connectivity index (χ2v) is 6.51. The zero-order valence-corrected chi connectivity index (χ0v) is 18.0. The minimum atomic E-state index is -0.514. The van der Waals surface area contributed by atoms with Gasteiger partial charge in [0.05, 0.1) is 27.1 Å². The second kappa shape index (κ2) is 10.7. The molecule has 2 amide bonds. The maximum Gasteiger partial charge on any atom is 0.272 e. The average molecular weight is 436 g/mol. The van der Waals surface area contributed by atoms with Gasteiger partial charge in [0.25, 0.3) is 11.8 Å². The molecule has 0 fully saturated rings. The maximum atomic E-state index is 12.9. The molecule has 0 bridgehead atoms. The first-order chi connectivity index (χ1) is 15.5. The summed E-state index contributed by atoms with van der Waals surface area (Å²) in [5.74, 6) is 0.984. The van der Waals surface area contributed by atoms with E-state index in [1.807, 2.05) is 6.92 Å². The lowest BCUT2D eigenvalue weighted by atomic mass is 10.1. The highest BCUT2D eigenvalue weighted by Gasteiger charge is 2.17. The Morgan fingerprint density at radius 2 is 1.75 bits per heavy atom. The van der Waals surface area contributed by atoms with E-state index in [1.165, 1.54) is 32.6 Å². The Morgan fingerprint density at radius 1 is 1.00 bits per heavy atom. The van der Waals surface area contributed by atoms with Crippen molar-refractivity contribution in [3.8, 4) is 17.2 Å². The number of anilines is 1. The molecule has 0 spiro atoms. The summed E-state index contributed by atoms with van der Waals surface area (Å²) < 4.78 is 21.2. The Morgan fingerprint density at radius 3 is 2.38 bits per heavy atom. The lowest BCUT2D eigenvalue weighted by molar-refractivity contribution is -0.113. The Balaban J connectivity index is 1.81. The van der Waals surface area contributed by atoms with E-state index < -0.39 is 11.8 Å². The third kappa shape index (κ3) is 5.69. The molecule has 166 valence electrons. The summed E-state index contributed by atoms with van der Waals surface area (Å²) in [5.41, 5.74) is 0.847. The van der Waals surface area contributed by atoms with Crippen LogP contribution >= 0.6 is 0 Å². The van der Waals surface area contributed by atoms with Crippen molar-refractivity contribution in [1.29, 1.82) is 0 Å². The van der Waals surface area contributed by atoms with Crippen LogP contribution in [0.4, 0.5) is 5.69 Å². The monoisotopic (exact) mass is 436 g/mol. The third-order valence-corrected chi connectivity index (χ3v) is 4.39. The molecule has 0 saturated carbocycles. The molecule has 0 aliphatic heterocycles. The first-order valence-electron chi connectivity index (χ1n) is 9.86. The van der Waals surface area contributed by atoms with Crippen LogP contribution in [0.2, 0.25) is 0 Å². The molecule has 0 aliphatic rings. The van der Waals surface area contributed by atoms with E-state index in [4.69, 9.17) is 18.6 Å². The molecule has 2 aromatic carbocycles. The van der Waals surface area contributed by atoms with E-state index in [0.717, 1.165) is 0 Å². The van der Waals surface area contributed by atoms with Crippen molar-refractivity contribution >= 4 is 23.6 Å². The smallest absolute Gasteiger partial charge is 0.272 e. The van der Waals surface area contributed by atoms with E-state index in [-0.39, 0.29) is 5.70 Å². The van der Waals surface area contributed by atoms with Crippen LogP contribution in [0, 0.1) is 0 Å². The zero-order valence-electron chi connectivity index (χ0n) is 18.0. The highest BCUT2D eigenvalue weighted by Crippen LogP contribution is 2.27. The quantitative estimate of drug-likeness (QED) is 0.490. The lowest BCUT2D eigenvalue weighted by Crippen LogP contribution is -2.30. The molecule has 0 saturated heterocycles. The van der Waals surface area contributed by atoms with Crippen molar-refractivity contribution in [2.24, 2.45) is 0 Å². The SMILES string of the molecule is CCOc1ccc(NC(=O)/C(=C/c2ccco2)NC(=O)c2ccc(OC)c(OC)c2)cc1. The van der Waals surface area contributed by atoms with Gasteiger partial charge in [0.2, 0.25) is 0 Å². The van der Waals surface area contributed by atoms with Gasteiger partial charge in [-0.3, -0.25) is 9.59 Å². The predicted octanol–water partition coefficient (Wildman–Crippen LogP) is 4.11. The Hall–Kier alpha value is -4.20. The minimum Gasteiger partial charge on any atom is -0.494 e. The van der Waals surface area contributed by atoms with E-state index in [1.54, 1.807) is 48.5 Å². The summed E-state index contributed by atoms with van der Waals surface area (Å²) in [7, 11) is 2.99. The summed E-state index contributed by atoms with van der Waals surface area (Å²) >= 11 is 0. The van der Waals surface area contributed by atoms with Gasteiger partial charge in [-0.2, -0.15) is 0 Å². The summed E-state index contributed by atoms with van der Waals surface area (Å²) in [5, 5.41) is 5.40. The molecule has 1 heterocycles. The maximum absolute atomic E-state index is 12.9. The molecular weight excluding hydrogens is 412 g/mol. The van der Waals surface area contributed by atoms with Crippen molar-refractivity contribution in [3.63, 3.8) is 0 Å². The minimum absolute atomic E-state index is 0.00798. The number of carbonyl (C=O) groups excluding carboxylic acids is 2. The van der Waals surface area contributed by atoms with Gasteiger partial charge in [0, 0.05) is 17.3 Å². The molecule has 0 atom stereocenters. The number of nitrogens with one attached hydrogen (secondary N) is 2. The summed E-state index contributed by atoms with van der Waals surface area (Å²) in [6, 6.07) is 15.0. The first kappa shape index (κ1) is 22.5. The van der Waals surface area contributed by atoms with Crippen LogP contribution in [0.15, 0.2) is 71.0 Å². The van der Waals surface area contributed by atoms with Crippen molar-refractivity contribution in [2.45, 2.75) is 6.92 Å². The Labute approximate surface area is 185 Å². The number of methoxy groups -OCH3 is 2. The number of ether oxygens (including phenoxy) is 3. The van der Waals surface area contributed by atoms with Crippen molar-refractivity contribution in [3.05, 3.63) is 77.9 Å². The molecule has 0 aliphatic carbocycles. The van der Waals surface area contributed by atoms with Crippen LogP contribution < -0.4 is 24.8 Å². The second-order valence-electron chi connectivity index (χ2n) is 6.51. The van der Waals surface area contributed by atoms with Crippen LogP contribution in [-0.2, 0) is 4.79 Å². The van der Waals surface area contributed by atoms with Gasteiger partial charge in [0.1, 0.15) is 17.2 Å². The van der Waals surface area contributed by atoms with Crippen LogP contribution in [0.1, 0.15) is 23.0 Å². The van der Waals surface area contributed by atoms with Crippen LogP contribution in [0.5, 0.6) is 17.2 Å². The zero-order chi connectivity index (χ0) is 22.9. The first-order valence-corrected chi connectivity index (χ1v) is 9.86. The number of rotatable bonds is 9. The molecule has 3 rings (SSSR count). The fraction of sp³-hybridized carbons (Fsp3) is 0.167. The number of benzene rings is 2. The molecule has 8 heteroatoms. The molecule has 1 aromatic heterocycles. The molecule has 3 aromatic rings. The van der Waals surface area contributed by atoms with Gasteiger partial charge in [0.15, 0.2) is 11.5 Å². The van der Waals surface area contributed by atoms with Gasteiger partial charge in [-0.15, -0.1) is 0 Å². The largest absolute Gasteiger partial charge is 0.494 e. The molecule has 8 nitrogen and oxygen atoms in total. The van der Waals surface area contributed by atoms with E-state index >= 15 is 0 Å². The average Bonchev–Trinajstić information content (AvgIpc) is 3.32. The highest BCUT2D eigenvalue weighted by atomic mass is 16.5. The van der Waals surface area contributed by atoms with Gasteiger partial charge in [-0.1, -0.05) is 0 Å². The normalized spacial score (nSPS) is 10.9. The number of carbonyl (C=O) groups is 2. The lowest BCUT2D eigenvalue weighted by Gasteiger charge is -2.13. The highest BCUT2D eigenvalue weighted by molar-refractivity contribution is 6.10. The standard InChI is InChI=1S/C24H24N2O6/c1-4-31-18-10-8-17(9-11-18)25-24(28)20(15-19-6-5-13-32-19)26-23(27)16-7-12-21(29-2)22(14-16)30-3/h5-15H,4H2,1-3H3,(H,25,28)(H,26,27)/b20-15-. The Kier molecular flexibility index (Phi) is 7.53. The van der Waals surface area contributed by atoms with E-state index in [2.05, 4.69) is 10.6 Å².